The number of hydrogen-bond acceptors (Lipinski definition) is 2. The van der Waals surface area contributed by atoms with Crippen LogP contribution in [0, 0.1) is 5.82 Å². The highest BCUT2D eigenvalue weighted by Gasteiger charge is 2.03. The SMILES string of the molecule is O=C(O)CCNC(=O)NCCc1ccccc1F. The summed E-state index contributed by atoms with van der Waals surface area (Å²) in [6.45, 7) is 0.362. The normalized spacial score (nSPS) is 9.83. The summed E-state index contributed by atoms with van der Waals surface area (Å²) in [6, 6.07) is 5.89. The van der Waals surface area contributed by atoms with Crippen LogP contribution in [0.5, 0.6) is 0 Å². The van der Waals surface area contributed by atoms with Crippen LogP contribution in [0.15, 0.2) is 24.3 Å². The predicted molar refractivity (Wildman–Crippen MR) is 63.8 cm³/mol. The number of carbonyl (C=O) groups excluding carboxylic acids is 1. The summed E-state index contributed by atoms with van der Waals surface area (Å²) < 4.78 is 13.2. The summed E-state index contributed by atoms with van der Waals surface area (Å²) in [6.07, 6.45) is 0.264. The van der Waals surface area contributed by atoms with Gasteiger partial charge < -0.3 is 15.7 Å². The van der Waals surface area contributed by atoms with Crippen molar-refractivity contribution in [1.29, 1.82) is 0 Å². The number of benzene rings is 1. The summed E-state index contributed by atoms with van der Waals surface area (Å²) in [5.74, 6) is -1.27. The first-order valence-electron chi connectivity index (χ1n) is 5.56. The molecule has 98 valence electrons. The fourth-order valence-corrected chi connectivity index (χ4v) is 1.36. The van der Waals surface area contributed by atoms with Gasteiger partial charge in [-0.3, -0.25) is 4.79 Å². The molecule has 0 heterocycles. The molecule has 0 fully saturated rings. The van der Waals surface area contributed by atoms with E-state index in [1.807, 2.05) is 0 Å². The van der Waals surface area contributed by atoms with Crippen LogP contribution < -0.4 is 10.6 Å². The van der Waals surface area contributed by atoms with E-state index in [0.29, 0.717) is 18.5 Å². The van der Waals surface area contributed by atoms with E-state index < -0.39 is 12.0 Å². The van der Waals surface area contributed by atoms with E-state index in [2.05, 4.69) is 10.6 Å². The van der Waals surface area contributed by atoms with Gasteiger partial charge >= 0.3 is 12.0 Å². The monoisotopic (exact) mass is 254 g/mol. The maximum absolute atomic E-state index is 13.2. The molecule has 0 spiro atoms. The molecule has 18 heavy (non-hydrogen) atoms. The number of aliphatic carboxylic acids is 1. The lowest BCUT2D eigenvalue weighted by Crippen LogP contribution is -2.37. The largest absolute Gasteiger partial charge is 0.481 e. The second-order valence-electron chi connectivity index (χ2n) is 3.67. The standard InChI is InChI=1S/C12H15FN2O3/c13-10-4-2-1-3-9(10)5-7-14-12(18)15-8-6-11(16)17/h1-4H,5-8H2,(H,16,17)(H2,14,15,18). The van der Waals surface area contributed by atoms with Gasteiger partial charge in [-0.15, -0.1) is 0 Å². The molecule has 0 unspecified atom stereocenters. The molecule has 1 aromatic carbocycles. The summed E-state index contributed by atoms with van der Waals surface area (Å²) in [4.78, 5) is 21.4. The van der Waals surface area contributed by atoms with Crippen molar-refractivity contribution in [2.45, 2.75) is 12.8 Å². The first-order valence-corrected chi connectivity index (χ1v) is 5.56. The third kappa shape index (κ3) is 5.29. The highest BCUT2D eigenvalue weighted by Crippen LogP contribution is 2.05. The molecular weight excluding hydrogens is 239 g/mol. The van der Waals surface area contributed by atoms with Gasteiger partial charge in [0.05, 0.1) is 6.42 Å². The number of carbonyl (C=O) groups is 2. The van der Waals surface area contributed by atoms with E-state index in [-0.39, 0.29) is 18.8 Å². The first-order chi connectivity index (χ1) is 8.59. The number of urea groups is 1. The van der Waals surface area contributed by atoms with Crippen LogP contribution in [0.25, 0.3) is 0 Å². The third-order valence-corrected chi connectivity index (χ3v) is 2.26. The van der Waals surface area contributed by atoms with Gasteiger partial charge in [0.15, 0.2) is 0 Å². The van der Waals surface area contributed by atoms with Crippen molar-refractivity contribution in [2.75, 3.05) is 13.1 Å². The van der Waals surface area contributed by atoms with Gasteiger partial charge in [-0.25, -0.2) is 9.18 Å². The van der Waals surface area contributed by atoms with E-state index in [1.54, 1.807) is 18.2 Å². The van der Waals surface area contributed by atoms with Crippen LogP contribution in [0.1, 0.15) is 12.0 Å². The minimum Gasteiger partial charge on any atom is -0.481 e. The summed E-state index contributed by atoms with van der Waals surface area (Å²) in [5.41, 5.74) is 0.531. The molecule has 0 aliphatic rings. The molecule has 0 saturated carbocycles. The Hall–Kier alpha value is -2.11. The van der Waals surface area contributed by atoms with Crippen molar-refractivity contribution >= 4 is 12.0 Å². The number of carboxylic acid groups (broad SMARTS) is 1. The Kier molecular flexibility index (Phi) is 5.63. The van der Waals surface area contributed by atoms with E-state index in [9.17, 15) is 14.0 Å². The van der Waals surface area contributed by atoms with Gasteiger partial charge in [-0.2, -0.15) is 0 Å². The van der Waals surface area contributed by atoms with Crippen LogP contribution in [-0.2, 0) is 11.2 Å². The molecule has 0 atom stereocenters. The molecule has 1 rings (SSSR count). The van der Waals surface area contributed by atoms with E-state index >= 15 is 0 Å². The second-order valence-corrected chi connectivity index (χ2v) is 3.67. The zero-order chi connectivity index (χ0) is 13.4. The lowest BCUT2D eigenvalue weighted by Gasteiger charge is -2.07. The van der Waals surface area contributed by atoms with Gasteiger partial charge in [0, 0.05) is 13.1 Å². The van der Waals surface area contributed by atoms with E-state index in [1.165, 1.54) is 6.07 Å². The average molecular weight is 254 g/mol. The first kappa shape index (κ1) is 14.0. The Morgan fingerprint density at radius 3 is 2.50 bits per heavy atom. The maximum Gasteiger partial charge on any atom is 0.314 e. The van der Waals surface area contributed by atoms with Crippen molar-refractivity contribution in [3.8, 4) is 0 Å². The zero-order valence-electron chi connectivity index (χ0n) is 9.78. The highest BCUT2D eigenvalue weighted by atomic mass is 19.1. The van der Waals surface area contributed by atoms with Crippen molar-refractivity contribution in [2.24, 2.45) is 0 Å². The van der Waals surface area contributed by atoms with Crippen molar-refractivity contribution in [3.05, 3.63) is 35.6 Å². The molecule has 0 saturated heterocycles. The van der Waals surface area contributed by atoms with Gasteiger partial charge in [-0.05, 0) is 18.1 Å². The number of hydrogen-bond donors (Lipinski definition) is 3. The Balaban J connectivity index is 2.20. The topological polar surface area (TPSA) is 78.4 Å². The number of halogens is 1. The van der Waals surface area contributed by atoms with Gasteiger partial charge in [-0.1, -0.05) is 18.2 Å². The van der Waals surface area contributed by atoms with E-state index in [0.717, 1.165) is 0 Å². The van der Waals surface area contributed by atoms with Gasteiger partial charge in [0.1, 0.15) is 5.82 Å². The Bertz CT molecular complexity index is 424. The minimum absolute atomic E-state index is 0.0703. The Morgan fingerprint density at radius 1 is 1.17 bits per heavy atom. The molecular formula is C12H15FN2O3. The zero-order valence-corrected chi connectivity index (χ0v) is 9.78. The van der Waals surface area contributed by atoms with Crippen molar-refractivity contribution in [3.63, 3.8) is 0 Å². The average Bonchev–Trinajstić information content (AvgIpc) is 2.31. The summed E-state index contributed by atoms with van der Waals surface area (Å²) in [7, 11) is 0. The van der Waals surface area contributed by atoms with Crippen LogP contribution >= 0.6 is 0 Å². The van der Waals surface area contributed by atoms with Crippen LogP contribution in [0.4, 0.5) is 9.18 Å². The lowest BCUT2D eigenvalue weighted by molar-refractivity contribution is -0.136. The van der Waals surface area contributed by atoms with E-state index in [4.69, 9.17) is 5.11 Å². The molecule has 0 aliphatic heterocycles. The van der Waals surface area contributed by atoms with Crippen molar-refractivity contribution < 1.29 is 19.1 Å². The molecule has 0 aromatic heterocycles. The molecule has 6 heteroatoms. The van der Waals surface area contributed by atoms with Gasteiger partial charge in [0.25, 0.3) is 0 Å². The quantitative estimate of drug-likeness (QED) is 0.712. The van der Waals surface area contributed by atoms with Crippen LogP contribution in [0.3, 0.4) is 0 Å². The Labute approximate surface area is 104 Å². The summed E-state index contributed by atoms with van der Waals surface area (Å²) >= 11 is 0. The lowest BCUT2D eigenvalue weighted by atomic mass is 10.1. The Morgan fingerprint density at radius 2 is 1.83 bits per heavy atom. The molecule has 0 aliphatic carbocycles. The molecule has 2 amide bonds. The van der Waals surface area contributed by atoms with Crippen molar-refractivity contribution in [1.82, 2.24) is 10.6 Å². The van der Waals surface area contributed by atoms with Gasteiger partial charge in [0.2, 0.25) is 0 Å². The smallest absolute Gasteiger partial charge is 0.314 e. The van der Waals surface area contributed by atoms with Crippen LogP contribution in [-0.4, -0.2) is 30.2 Å². The minimum atomic E-state index is -0.971. The molecule has 3 N–H and O–H groups in total. The number of nitrogens with one attached hydrogen (secondary N) is 2. The second kappa shape index (κ2) is 7.26. The van der Waals surface area contributed by atoms with Crippen LogP contribution in [0.2, 0.25) is 0 Å². The number of carboxylic acids is 1. The third-order valence-electron chi connectivity index (χ3n) is 2.26. The fourth-order valence-electron chi connectivity index (χ4n) is 1.36. The predicted octanol–water partition coefficient (Wildman–Crippen LogP) is 1.14. The molecule has 1 aromatic rings. The molecule has 5 nitrogen and oxygen atoms in total. The number of rotatable bonds is 6. The molecule has 0 radical (unpaired) electrons. The maximum atomic E-state index is 13.2. The molecule has 0 bridgehead atoms. The highest BCUT2D eigenvalue weighted by molar-refractivity contribution is 5.74. The number of amides is 2. The fraction of sp³-hybridized carbons (Fsp3) is 0.333. The summed E-state index contributed by atoms with van der Waals surface area (Å²) in [5, 5.41) is 13.3.